The zero-order valence-electron chi connectivity index (χ0n) is 11.7. The monoisotopic (exact) mass is 306 g/mol. The van der Waals surface area contributed by atoms with Gasteiger partial charge in [0.2, 0.25) is 5.91 Å². The van der Waals surface area contributed by atoms with Gasteiger partial charge in [0.25, 0.3) is 5.91 Å². The molecule has 1 aromatic rings. The van der Waals surface area contributed by atoms with E-state index in [9.17, 15) is 19.2 Å². The highest BCUT2D eigenvalue weighted by molar-refractivity contribution is 6.12. The topological polar surface area (TPSA) is 115 Å². The molecule has 0 spiro atoms. The number of carboxylic acid groups (broad SMARTS) is 2. The lowest BCUT2D eigenvalue weighted by atomic mass is 10.1. The number of anilines is 1. The Balaban J connectivity index is 2.56. The molecule has 1 atom stereocenters. The minimum atomic E-state index is -1.25. The Morgan fingerprint density at radius 3 is 2.27 bits per heavy atom. The second kappa shape index (κ2) is 5.84. The molecule has 0 radical (unpaired) electrons. The molecule has 2 rings (SSSR count). The molecule has 0 saturated heterocycles. The van der Waals surface area contributed by atoms with E-state index in [0.29, 0.717) is 0 Å². The van der Waals surface area contributed by atoms with Crippen molar-refractivity contribution in [1.29, 1.82) is 0 Å². The number of aliphatic carboxylic acids is 2. The molecule has 1 aliphatic heterocycles. The van der Waals surface area contributed by atoms with E-state index in [0.717, 1.165) is 9.80 Å². The fourth-order valence-electron chi connectivity index (χ4n) is 2.35. The minimum Gasteiger partial charge on any atom is -0.480 e. The second-order valence-electron chi connectivity index (χ2n) is 4.84. The number of rotatable bonds is 4. The third-order valence-electron chi connectivity index (χ3n) is 3.38. The molecular weight excluding hydrogens is 292 g/mol. The first-order valence-electron chi connectivity index (χ1n) is 6.48. The summed E-state index contributed by atoms with van der Waals surface area (Å²) in [6, 6.07) is 4.97. The normalized spacial score (nSPS) is 18.0. The third kappa shape index (κ3) is 2.76. The number of fused-ring (bicyclic) bond motifs is 1. The molecule has 22 heavy (non-hydrogen) atoms. The Kier molecular flexibility index (Phi) is 4.11. The SMILES string of the molecule is CC1C(=O)N(CC(=O)O)c2ccccc2C(=O)N1CC(=O)O. The van der Waals surface area contributed by atoms with Crippen LogP contribution in [0.4, 0.5) is 5.69 Å². The molecule has 2 N–H and O–H groups in total. The molecule has 0 aliphatic carbocycles. The van der Waals surface area contributed by atoms with E-state index in [1.165, 1.54) is 19.1 Å². The van der Waals surface area contributed by atoms with Crippen molar-refractivity contribution < 1.29 is 29.4 Å². The second-order valence-corrected chi connectivity index (χ2v) is 4.84. The number of hydrogen-bond donors (Lipinski definition) is 2. The summed E-state index contributed by atoms with van der Waals surface area (Å²) >= 11 is 0. The average Bonchev–Trinajstić information content (AvgIpc) is 2.53. The first-order valence-corrected chi connectivity index (χ1v) is 6.48. The van der Waals surface area contributed by atoms with Gasteiger partial charge in [-0.2, -0.15) is 0 Å². The molecule has 1 heterocycles. The van der Waals surface area contributed by atoms with Gasteiger partial charge in [0.05, 0.1) is 11.3 Å². The molecule has 2 amide bonds. The van der Waals surface area contributed by atoms with E-state index in [1.807, 2.05) is 0 Å². The van der Waals surface area contributed by atoms with Crippen LogP contribution >= 0.6 is 0 Å². The predicted octanol–water partition coefficient (Wildman–Crippen LogP) is 0.0331. The summed E-state index contributed by atoms with van der Waals surface area (Å²) in [5.74, 6) is -3.74. The third-order valence-corrected chi connectivity index (χ3v) is 3.38. The first kappa shape index (κ1) is 15.5. The van der Waals surface area contributed by atoms with Crippen molar-refractivity contribution in [2.75, 3.05) is 18.0 Å². The van der Waals surface area contributed by atoms with Crippen molar-refractivity contribution in [2.24, 2.45) is 0 Å². The fraction of sp³-hybridized carbons (Fsp3) is 0.286. The summed E-state index contributed by atoms with van der Waals surface area (Å²) in [4.78, 5) is 48.8. The van der Waals surface area contributed by atoms with Crippen LogP contribution in [0.5, 0.6) is 0 Å². The average molecular weight is 306 g/mol. The van der Waals surface area contributed by atoms with Gasteiger partial charge in [0, 0.05) is 0 Å². The molecule has 8 heteroatoms. The Labute approximate surface area is 125 Å². The van der Waals surface area contributed by atoms with Crippen molar-refractivity contribution in [3.8, 4) is 0 Å². The van der Waals surface area contributed by atoms with E-state index in [-0.39, 0.29) is 11.3 Å². The quantitative estimate of drug-likeness (QED) is 0.811. The van der Waals surface area contributed by atoms with Crippen molar-refractivity contribution in [3.63, 3.8) is 0 Å². The molecule has 0 aromatic heterocycles. The first-order chi connectivity index (χ1) is 10.3. The highest BCUT2D eigenvalue weighted by Crippen LogP contribution is 2.27. The number of benzene rings is 1. The van der Waals surface area contributed by atoms with Gasteiger partial charge in [0.15, 0.2) is 0 Å². The molecule has 0 saturated carbocycles. The van der Waals surface area contributed by atoms with Gasteiger partial charge in [-0.05, 0) is 19.1 Å². The highest BCUT2D eigenvalue weighted by Gasteiger charge is 2.38. The highest BCUT2D eigenvalue weighted by atomic mass is 16.4. The number of carboxylic acids is 2. The van der Waals surface area contributed by atoms with Crippen molar-refractivity contribution >= 4 is 29.4 Å². The zero-order valence-corrected chi connectivity index (χ0v) is 11.7. The lowest BCUT2D eigenvalue weighted by Gasteiger charge is -2.26. The van der Waals surface area contributed by atoms with E-state index >= 15 is 0 Å². The van der Waals surface area contributed by atoms with Gasteiger partial charge in [-0.25, -0.2) is 0 Å². The van der Waals surface area contributed by atoms with Gasteiger partial charge in [-0.3, -0.25) is 24.1 Å². The summed E-state index contributed by atoms with van der Waals surface area (Å²) in [7, 11) is 0. The summed E-state index contributed by atoms with van der Waals surface area (Å²) in [6.07, 6.45) is 0. The molecule has 0 fully saturated rings. The smallest absolute Gasteiger partial charge is 0.323 e. The summed E-state index contributed by atoms with van der Waals surface area (Å²) in [5.41, 5.74) is 0.266. The maximum atomic E-state index is 12.5. The number of amides is 2. The van der Waals surface area contributed by atoms with Gasteiger partial charge in [-0.1, -0.05) is 12.1 Å². The number of para-hydroxylation sites is 1. The lowest BCUT2D eigenvalue weighted by molar-refractivity contribution is -0.140. The maximum Gasteiger partial charge on any atom is 0.323 e. The molecule has 8 nitrogen and oxygen atoms in total. The molecule has 116 valence electrons. The van der Waals surface area contributed by atoms with Crippen LogP contribution in [0, 0.1) is 0 Å². The van der Waals surface area contributed by atoms with Crippen LogP contribution in [0.15, 0.2) is 24.3 Å². The van der Waals surface area contributed by atoms with E-state index < -0.39 is 42.9 Å². The summed E-state index contributed by atoms with van der Waals surface area (Å²) in [5, 5.41) is 17.9. The van der Waals surface area contributed by atoms with Crippen LogP contribution in [0.3, 0.4) is 0 Å². The Morgan fingerprint density at radius 2 is 1.68 bits per heavy atom. The lowest BCUT2D eigenvalue weighted by Crippen LogP contribution is -2.49. The molecule has 0 bridgehead atoms. The van der Waals surface area contributed by atoms with Crippen molar-refractivity contribution in [1.82, 2.24) is 4.90 Å². The van der Waals surface area contributed by atoms with E-state index in [2.05, 4.69) is 0 Å². The molecule has 1 unspecified atom stereocenters. The van der Waals surface area contributed by atoms with Crippen LogP contribution in [-0.4, -0.2) is 58.0 Å². The standard InChI is InChI=1S/C14H14N2O6/c1-8-13(21)16(7-12(19)20)10-5-3-2-4-9(10)14(22)15(8)6-11(17)18/h2-5,8H,6-7H2,1H3,(H,17,18)(H,19,20). The molecule has 1 aromatic carbocycles. The predicted molar refractivity (Wildman–Crippen MR) is 74.6 cm³/mol. The minimum absolute atomic E-state index is 0.0997. The van der Waals surface area contributed by atoms with Gasteiger partial charge in [-0.15, -0.1) is 0 Å². The van der Waals surface area contributed by atoms with Crippen LogP contribution in [0.2, 0.25) is 0 Å². The Morgan fingerprint density at radius 1 is 1.09 bits per heavy atom. The Hall–Kier alpha value is -2.90. The number of nitrogens with zero attached hydrogens (tertiary/aromatic N) is 2. The van der Waals surface area contributed by atoms with Crippen molar-refractivity contribution in [2.45, 2.75) is 13.0 Å². The van der Waals surface area contributed by atoms with Crippen LogP contribution in [-0.2, 0) is 14.4 Å². The van der Waals surface area contributed by atoms with Crippen LogP contribution in [0.25, 0.3) is 0 Å². The molecule has 1 aliphatic rings. The summed E-state index contributed by atoms with van der Waals surface area (Å²) in [6.45, 7) is 0.138. The molecular formula is C14H14N2O6. The van der Waals surface area contributed by atoms with Gasteiger partial charge in [0.1, 0.15) is 19.1 Å². The fourth-order valence-corrected chi connectivity index (χ4v) is 2.35. The zero-order chi connectivity index (χ0) is 16.4. The maximum absolute atomic E-state index is 12.5. The summed E-state index contributed by atoms with van der Waals surface area (Å²) < 4.78 is 0. The number of hydrogen-bond acceptors (Lipinski definition) is 4. The number of carbonyl (C=O) groups excluding carboxylic acids is 2. The van der Waals surface area contributed by atoms with Crippen LogP contribution in [0.1, 0.15) is 17.3 Å². The van der Waals surface area contributed by atoms with E-state index in [4.69, 9.17) is 10.2 Å². The van der Waals surface area contributed by atoms with E-state index in [1.54, 1.807) is 12.1 Å². The largest absolute Gasteiger partial charge is 0.480 e. The van der Waals surface area contributed by atoms with Gasteiger partial charge < -0.3 is 15.1 Å². The van der Waals surface area contributed by atoms with Crippen LogP contribution < -0.4 is 4.90 Å². The van der Waals surface area contributed by atoms with Gasteiger partial charge >= 0.3 is 11.9 Å². The van der Waals surface area contributed by atoms with Crippen molar-refractivity contribution in [3.05, 3.63) is 29.8 Å². The Bertz CT molecular complexity index is 656. The number of carbonyl (C=O) groups is 4.